The van der Waals surface area contributed by atoms with Crippen LogP contribution in [0.25, 0.3) is 0 Å². The summed E-state index contributed by atoms with van der Waals surface area (Å²) in [6.45, 7) is 3.38. The van der Waals surface area contributed by atoms with E-state index in [1.54, 1.807) is 11.0 Å². The van der Waals surface area contributed by atoms with E-state index in [9.17, 15) is 24.1 Å². The first-order chi connectivity index (χ1) is 13.9. The predicted molar refractivity (Wildman–Crippen MR) is 104 cm³/mol. The molecule has 0 radical (unpaired) electrons. The number of amides is 2. The maximum absolute atomic E-state index is 12.9. The molecular formula is C20H21FN4O4. The number of nitrogens with zero attached hydrogens (tertiary/aromatic N) is 3. The molecule has 1 aliphatic heterocycles. The Bertz CT molecular complexity index is 896. The fraction of sp³-hybridized carbons (Fsp3) is 0.300. The third kappa shape index (κ3) is 5.35. The first-order valence-corrected chi connectivity index (χ1v) is 9.24. The van der Waals surface area contributed by atoms with Crippen molar-refractivity contribution in [3.63, 3.8) is 0 Å². The molecule has 2 aromatic carbocycles. The second kappa shape index (κ2) is 9.24. The van der Waals surface area contributed by atoms with E-state index >= 15 is 0 Å². The molecule has 0 atom stereocenters. The Labute approximate surface area is 167 Å². The molecule has 0 aromatic heterocycles. The molecule has 0 saturated carbocycles. The van der Waals surface area contributed by atoms with E-state index in [-0.39, 0.29) is 23.3 Å². The number of nitro groups is 1. The molecule has 0 spiro atoms. The van der Waals surface area contributed by atoms with Crippen LogP contribution in [0.15, 0.2) is 48.5 Å². The minimum atomic E-state index is -0.519. The summed E-state index contributed by atoms with van der Waals surface area (Å²) >= 11 is 0. The predicted octanol–water partition coefficient (Wildman–Crippen LogP) is 1.92. The van der Waals surface area contributed by atoms with E-state index in [1.165, 1.54) is 42.5 Å². The molecule has 29 heavy (non-hydrogen) atoms. The molecule has 3 rings (SSSR count). The fourth-order valence-corrected chi connectivity index (χ4v) is 3.14. The summed E-state index contributed by atoms with van der Waals surface area (Å²) in [6, 6.07) is 11.1. The lowest BCUT2D eigenvalue weighted by molar-refractivity contribution is -0.384. The van der Waals surface area contributed by atoms with Crippen molar-refractivity contribution in [1.82, 2.24) is 15.1 Å². The van der Waals surface area contributed by atoms with Crippen molar-refractivity contribution in [2.75, 3.05) is 39.3 Å². The lowest BCUT2D eigenvalue weighted by Gasteiger charge is -2.34. The van der Waals surface area contributed by atoms with Crippen LogP contribution in [0, 0.1) is 15.9 Å². The van der Waals surface area contributed by atoms with Crippen molar-refractivity contribution in [1.29, 1.82) is 0 Å². The molecule has 8 nitrogen and oxygen atoms in total. The number of nitro benzene ring substituents is 1. The zero-order valence-electron chi connectivity index (χ0n) is 15.7. The van der Waals surface area contributed by atoms with Gasteiger partial charge in [-0.25, -0.2) is 4.39 Å². The van der Waals surface area contributed by atoms with Gasteiger partial charge in [0.25, 0.3) is 17.5 Å². The van der Waals surface area contributed by atoms with Gasteiger partial charge in [-0.05, 0) is 30.3 Å². The fourth-order valence-electron chi connectivity index (χ4n) is 3.14. The smallest absolute Gasteiger partial charge is 0.270 e. The Morgan fingerprint density at radius 2 is 1.72 bits per heavy atom. The van der Waals surface area contributed by atoms with Gasteiger partial charge >= 0.3 is 0 Å². The molecule has 2 aromatic rings. The van der Waals surface area contributed by atoms with Crippen LogP contribution in [0.4, 0.5) is 10.1 Å². The Morgan fingerprint density at radius 1 is 1.03 bits per heavy atom. The Balaban J connectivity index is 1.44. The van der Waals surface area contributed by atoms with Crippen LogP contribution in [0.5, 0.6) is 0 Å². The van der Waals surface area contributed by atoms with E-state index in [1.807, 2.05) is 0 Å². The number of hydrogen-bond donors (Lipinski definition) is 1. The number of carbonyl (C=O) groups excluding carboxylic acids is 2. The summed E-state index contributed by atoms with van der Waals surface area (Å²) in [4.78, 5) is 38.7. The van der Waals surface area contributed by atoms with Gasteiger partial charge in [0.1, 0.15) is 5.82 Å². The molecule has 0 aliphatic carbocycles. The average Bonchev–Trinajstić information content (AvgIpc) is 2.74. The average molecular weight is 400 g/mol. The number of carbonyl (C=O) groups is 2. The second-order valence-electron chi connectivity index (χ2n) is 6.70. The van der Waals surface area contributed by atoms with Crippen molar-refractivity contribution < 1.29 is 18.9 Å². The lowest BCUT2D eigenvalue weighted by Crippen LogP contribution is -2.50. The van der Waals surface area contributed by atoms with Crippen LogP contribution in [0.1, 0.15) is 20.7 Å². The van der Waals surface area contributed by atoms with E-state index in [2.05, 4.69) is 10.2 Å². The second-order valence-corrected chi connectivity index (χ2v) is 6.70. The van der Waals surface area contributed by atoms with Crippen LogP contribution in [-0.2, 0) is 0 Å². The molecule has 152 valence electrons. The van der Waals surface area contributed by atoms with E-state index in [4.69, 9.17) is 0 Å². The number of benzene rings is 2. The summed E-state index contributed by atoms with van der Waals surface area (Å²) in [5, 5.41) is 13.7. The highest BCUT2D eigenvalue weighted by molar-refractivity contribution is 5.95. The van der Waals surface area contributed by atoms with Crippen molar-refractivity contribution in [2.45, 2.75) is 0 Å². The number of non-ortho nitro benzene ring substituents is 1. The van der Waals surface area contributed by atoms with Gasteiger partial charge in [-0.2, -0.15) is 0 Å². The van der Waals surface area contributed by atoms with Crippen LogP contribution < -0.4 is 5.32 Å². The van der Waals surface area contributed by atoms with Crippen molar-refractivity contribution in [3.05, 3.63) is 75.6 Å². The monoisotopic (exact) mass is 400 g/mol. The molecule has 2 amide bonds. The third-order valence-corrected chi connectivity index (χ3v) is 4.78. The highest BCUT2D eigenvalue weighted by Crippen LogP contribution is 2.16. The van der Waals surface area contributed by atoms with E-state index < -0.39 is 4.92 Å². The molecule has 1 N–H and O–H groups in total. The lowest BCUT2D eigenvalue weighted by atomic mass is 10.1. The minimum Gasteiger partial charge on any atom is -0.351 e. The largest absolute Gasteiger partial charge is 0.351 e. The van der Waals surface area contributed by atoms with Gasteiger partial charge in [0, 0.05) is 62.5 Å². The third-order valence-electron chi connectivity index (χ3n) is 4.78. The van der Waals surface area contributed by atoms with Gasteiger partial charge in [-0.3, -0.25) is 24.6 Å². The molecule has 1 heterocycles. The van der Waals surface area contributed by atoms with Crippen LogP contribution >= 0.6 is 0 Å². The van der Waals surface area contributed by atoms with Gasteiger partial charge in [0.05, 0.1) is 4.92 Å². The molecule has 0 unspecified atom stereocenters. The Hall–Kier alpha value is -3.33. The first kappa shape index (κ1) is 20.4. The Morgan fingerprint density at radius 3 is 2.38 bits per heavy atom. The van der Waals surface area contributed by atoms with E-state index in [0.717, 1.165) is 0 Å². The first-order valence-electron chi connectivity index (χ1n) is 9.24. The molecular weight excluding hydrogens is 379 g/mol. The van der Waals surface area contributed by atoms with Gasteiger partial charge in [0.2, 0.25) is 0 Å². The van der Waals surface area contributed by atoms with Crippen LogP contribution in [0.2, 0.25) is 0 Å². The zero-order chi connectivity index (χ0) is 20.8. The van der Waals surface area contributed by atoms with E-state index in [0.29, 0.717) is 50.4 Å². The maximum Gasteiger partial charge on any atom is 0.270 e. The van der Waals surface area contributed by atoms with Gasteiger partial charge < -0.3 is 10.2 Å². The van der Waals surface area contributed by atoms with Gasteiger partial charge in [-0.15, -0.1) is 0 Å². The molecule has 9 heteroatoms. The topological polar surface area (TPSA) is 95.8 Å². The van der Waals surface area contributed by atoms with Crippen molar-refractivity contribution >= 4 is 17.5 Å². The Kier molecular flexibility index (Phi) is 6.50. The summed E-state index contributed by atoms with van der Waals surface area (Å²) in [5.74, 6) is -0.874. The standard InChI is InChI=1S/C20H21FN4O4/c21-17-6-4-15(5-7-17)19(26)22-8-9-23-10-12-24(13-11-23)20(27)16-2-1-3-18(14-16)25(28)29/h1-7,14H,8-13H2,(H,22,26). The maximum atomic E-state index is 12.9. The molecule has 1 saturated heterocycles. The summed E-state index contributed by atoms with van der Waals surface area (Å²) in [7, 11) is 0. The summed E-state index contributed by atoms with van der Waals surface area (Å²) < 4.78 is 12.9. The SMILES string of the molecule is O=C(NCCN1CCN(C(=O)c2cccc([N+](=O)[O-])c2)CC1)c1ccc(F)cc1. The molecule has 0 bridgehead atoms. The normalized spacial score (nSPS) is 14.4. The minimum absolute atomic E-state index is 0.105. The van der Waals surface area contributed by atoms with Gasteiger partial charge in [0.15, 0.2) is 0 Å². The number of piperazine rings is 1. The zero-order valence-corrected chi connectivity index (χ0v) is 15.7. The van der Waals surface area contributed by atoms with Crippen LogP contribution in [0.3, 0.4) is 0 Å². The van der Waals surface area contributed by atoms with Crippen LogP contribution in [-0.4, -0.2) is 65.8 Å². The molecule has 1 fully saturated rings. The summed E-state index contributed by atoms with van der Waals surface area (Å²) in [6.07, 6.45) is 0. The number of halogens is 1. The quantitative estimate of drug-likeness (QED) is 0.590. The number of rotatable bonds is 6. The highest BCUT2D eigenvalue weighted by atomic mass is 19.1. The number of nitrogens with one attached hydrogen (secondary N) is 1. The summed E-state index contributed by atoms with van der Waals surface area (Å²) in [5.41, 5.74) is 0.601. The van der Waals surface area contributed by atoms with Crippen molar-refractivity contribution in [2.24, 2.45) is 0 Å². The highest BCUT2D eigenvalue weighted by Gasteiger charge is 2.23. The number of hydrogen-bond acceptors (Lipinski definition) is 5. The van der Waals surface area contributed by atoms with Gasteiger partial charge in [-0.1, -0.05) is 6.07 Å². The molecule has 1 aliphatic rings. The van der Waals surface area contributed by atoms with Crippen molar-refractivity contribution in [3.8, 4) is 0 Å².